The molecule has 1 aliphatic carbocycles. The van der Waals surface area contributed by atoms with E-state index in [0.29, 0.717) is 5.41 Å². The third-order valence-corrected chi connectivity index (χ3v) is 6.40. The van der Waals surface area contributed by atoms with Crippen molar-refractivity contribution in [2.45, 2.75) is 78.1 Å². The van der Waals surface area contributed by atoms with E-state index in [0.717, 1.165) is 12.3 Å². The van der Waals surface area contributed by atoms with Crippen molar-refractivity contribution in [3.05, 3.63) is 59.7 Å². The number of hydrogen-bond donors (Lipinski definition) is 0. The van der Waals surface area contributed by atoms with Crippen molar-refractivity contribution in [2.75, 3.05) is 0 Å². The fourth-order valence-corrected chi connectivity index (χ4v) is 4.38. The molecular weight excluding hydrogens is 300 g/mol. The van der Waals surface area contributed by atoms with E-state index in [4.69, 9.17) is 0 Å². The SMILES string of the molecule is CCCCC1(C)CCC(c2ccc(-c3ccc(CC)cc3)cc2)CC1. The van der Waals surface area contributed by atoms with Crippen molar-refractivity contribution in [1.29, 1.82) is 0 Å². The summed E-state index contributed by atoms with van der Waals surface area (Å²) in [6, 6.07) is 18.4. The number of hydrogen-bond acceptors (Lipinski definition) is 0. The van der Waals surface area contributed by atoms with Crippen LogP contribution in [0.3, 0.4) is 0 Å². The summed E-state index contributed by atoms with van der Waals surface area (Å²) in [6.45, 7) is 7.04. The molecule has 2 aromatic rings. The van der Waals surface area contributed by atoms with E-state index in [-0.39, 0.29) is 0 Å². The van der Waals surface area contributed by atoms with Crippen molar-refractivity contribution in [3.63, 3.8) is 0 Å². The monoisotopic (exact) mass is 334 g/mol. The highest BCUT2D eigenvalue weighted by molar-refractivity contribution is 5.64. The van der Waals surface area contributed by atoms with Crippen molar-refractivity contribution in [2.24, 2.45) is 5.41 Å². The van der Waals surface area contributed by atoms with E-state index < -0.39 is 0 Å². The normalized spacial score (nSPS) is 23.6. The zero-order chi connectivity index (χ0) is 17.7. The summed E-state index contributed by atoms with van der Waals surface area (Å²) in [6.07, 6.45) is 10.8. The smallest absolute Gasteiger partial charge is 0.0162 e. The van der Waals surface area contributed by atoms with Crippen LogP contribution in [0.5, 0.6) is 0 Å². The fourth-order valence-electron chi connectivity index (χ4n) is 4.38. The van der Waals surface area contributed by atoms with Gasteiger partial charge >= 0.3 is 0 Å². The maximum Gasteiger partial charge on any atom is -0.0162 e. The fraction of sp³-hybridized carbons (Fsp3) is 0.520. The molecule has 3 rings (SSSR count). The summed E-state index contributed by atoms with van der Waals surface area (Å²) in [4.78, 5) is 0. The average molecular weight is 335 g/mol. The molecule has 1 saturated carbocycles. The molecular formula is C25H34. The van der Waals surface area contributed by atoms with Crippen molar-refractivity contribution < 1.29 is 0 Å². The minimum absolute atomic E-state index is 0.605. The molecule has 0 nitrogen and oxygen atoms in total. The standard InChI is InChI=1S/C25H34/c1-4-6-17-25(3)18-15-24(16-19-25)23-13-11-22(12-14-23)21-9-7-20(5-2)8-10-21/h7-14,24H,4-6,15-19H2,1-3H3. The molecule has 0 aromatic heterocycles. The Hall–Kier alpha value is -1.56. The molecule has 0 spiro atoms. The van der Waals surface area contributed by atoms with Crippen LogP contribution in [0.1, 0.15) is 82.8 Å². The first-order chi connectivity index (χ1) is 12.1. The van der Waals surface area contributed by atoms with Crippen molar-refractivity contribution in [3.8, 4) is 11.1 Å². The van der Waals surface area contributed by atoms with Gasteiger partial charge in [0.2, 0.25) is 0 Å². The molecule has 25 heavy (non-hydrogen) atoms. The molecule has 1 aliphatic rings. The number of unbranched alkanes of at least 4 members (excludes halogenated alkanes) is 1. The summed E-state index contributed by atoms with van der Waals surface area (Å²) >= 11 is 0. The van der Waals surface area contributed by atoms with E-state index in [1.54, 1.807) is 5.56 Å². The van der Waals surface area contributed by atoms with Crippen LogP contribution >= 0.6 is 0 Å². The Morgan fingerprint density at radius 2 is 1.40 bits per heavy atom. The van der Waals surface area contributed by atoms with Crippen LogP contribution in [0.2, 0.25) is 0 Å². The maximum atomic E-state index is 2.52. The predicted octanol–water partition coefficient (Wildman–Crippen LogP) is 7.77. The molecule has 0 saturated heterocycles. The van der Waals surface area contributed by atoms with Gasteiger partial charge in [-0.25, -0.2) is 0 Å². The van der Waals surface area contributed by atoms with E-state index in [2.05, 4.69) is 69.3 Å². The van der Waals surface area contributed by atoms with E-state index >= 15 is 0 Å². The number of aryl methyl sites for hydroxylation is 1. The molecule has 0 amide bonds. The van der Waals surface area contributed by atoms with Gasteiger partial charge in [0, 0.05) is 0 Å². The Bertz CT molecular complexity index is 639. The Balaban J connectivity index is 1.63. The second-order valence-corrected chi connectivity index (χ2v) is 8.36. The zero-order valence-corrected chi connectivity index (χ0v) is 16.4. The zero-order valence-electron chi connectivity index (χ0n) is 16.4. The molecule has 1 fully saturated rings. The molecule has 0 N–H and O–H groups in total. The highest BCUT2D eigenvalue weighted by Crippen LogP contribution is 2.45. The molecule has 0 unspecified atom stereocenters. The topological polar surface area (TPSA) is 0 Å². The van der Waals surface area contributed by atoms with Crippen LogP contribution in [-0.4, -0.2) is 0 Å². The molecule has 0 atom stereocenters. The van der Waals surface area contributed by atoms with Crippen LogP contribution < -0.4 is 0 Å². The summed E-state index contributed by atoms with van der Waals surface area (Å²) < 4.78 is 0. The average Bonchev–Trinajstić information content (AvgIpc) is 2.67. The number of rotatable bonds is 6. The Morgan fingerprint density at radius 3 is 1.92 bits per heavy atom. The lowest BCUT2D eigenvalue weighted by molar-refractivity contribution is 0.179. The summed E-state index contributed by atoms with van der Waals surface area (Å²) in [5, 5.41) is 0. The summed E-state index contributed by atoms with van der Waals surface area (Å²) in [5.41, 5.74) is 6.24. The van der Waals surface area contributed by atoms with Gasteiger partial charge in [-0.2, -0.15) is 0 Å². The molecule has 0 heteroatoms. The summed E-state index contributed by atoms with van der Waals surface area (Å²) in [5.74, 6) is 0.770. The minimum atomic E-state index is 0.605. The van der Waals surface area contributed by atoms with Gasteiger partial charge in [-0.3, -0.25) is 0 Å². The van der Waals surface area contributed by atoms with Crippen molar-refractivity contribution >= 4 is 0 Å². The van der Waals surface area contributed by atoms with E-state index in [9.17, 15) is 0 Å². The predicted molar refractivity (Wildman–Crippen MR) is 110 cm³/mol. The van der Waals surface area contributed by atoms with Crippen LogP contribution in [0.15, 0.2) is 48.5 Å². The molecule has 2 aromatic carbocycles. The van der Waals surface area contributed by atoms with Gasteiger partial charge in [0.15, 0.2) is 0 Å². The third kappa shape index (κ3) is 4.54. The first-order valence-corrected chi connectivity index (χ1v) is 10.3. The highest BCUT2D eigenvalue weighted by Gasteiger charge is 2.30. The quantitative estimate of drug-likeness (QED) is 0.506. The van der Waals surface area contributed by atoms with Gasteiger partial charge in [0.1, 0.15) is 0 Å². The Labute approximate surface area is 154 Å². The lowest BCUT2D eigenvalue weighted by atomic mass is 9.68. The first-order valence-electron chi connectivity index (χ1n) is 10.3. The maximum absolute atomic E-state index is 2.52. The van der Waals surface area contributed by atoms with Crippen LogP contribution in [-0.2, 0) is 6.42 Å². The largest absolute Gasteiger partial charge is 0.0654 e. The second kappa shape index (κ2) is 8.21. The molecule has 0 radical (unpaired) electrons. The van der Waals surface area contributed by atoms with Gasteiger partial charge in [-0.05, 0) is 72.1 Å². The highest BCUT2D eigenvalue weighted by atomic mass is 14.4. The van der Waals surface area contributed by atoms with Crippen LogP contribution in [0.25, 0.3) is 11.1 Å². The van der Waals surface area contributed by atoms with Crippen molar-refractivity contribution in [1.82, 2.24) is 0 Å². The van der Waals surface area contributed by atoms with E-state index in [1.807, 2.05) is 0 Å². The van der Waals surface area contributed by atoms with E-state index in [1.165, 1.54) is 61.6 Å². The minimum Gasteiger partial charge on any atom is -0.0654 e. The Morgan fingerprint density at radius 1 is 0.840 bits per heavy atom. The molecule has 0 aliphatic heterocycles. The Kier molecular flexibility index (Phi) is 5.99. The van der Waals surface area contributed by atoms with Gasteiger partial charge < -0.3 is 0 Å². The number of benzene rings is 2. The summed E-state index contributed by atoms with van der Waals surface area (Å²) in [7, 11) is 0. The molecule has 0 bridgehead atoms. The van der Waals surface area contributed by atoms with Crippen LogP contribution in [0, 0.1) is 5.41 Å². The van der Waals surface area contributed by atoms with Gasteiger partial charge in [-0.15, -0.1) is 0 Å². The first kappa shape index (κ1) is 18.2. The lowest BCUT2D eigenvalue weighted by Crippen LogP contribution is -2.23. The van der Waals surface area contributed by atoms with Gasteiger partial charge in [-0.1, -0.05) is 82.1 Å². The molecule has 0 heterocycles. The van der Waals surface area contributed by atoms with Gasteiger partial charge in [0.05, 0.1) is 0 Å². The third-order valence-electron chi connectivity index (χ3n) is 6.40. The molecule has 134 valence electrons. The van der Waals surface area contributed by atoms with Gasteiger partial charge in [0.25, 0.3) is 0 Å². The second-order valence-electron chi connectivity index (χ2n) is 8.36. The lowest BCUT2D eigenvalue weighted by Gasteiger charge is -2.37. The van der Waals surface area contributed by atoms with Crippen LogP contribution in [0.4, 0.5) is 0 Å².